The first-order valence-electron chi connectivity index (χ1n) is 6.51. The first-order valence-corrected chi connectivity index (χ1v) is 7.30. The number of carbonyl (C=O) groups excluding carboxylic acids is 1. The highest BCUT2D eigenvalue weighted by Crippen LogP contribution is 2.10. The first-order chi connectivity index (χ1) is 10.5. The van der Waals surface area contributed by atoms with Crippen LogP contribution in [-0.4, -0.2) is 19.9 Å². The molecule has 3 heterocycles. The number of hydrogen-bond acceptors (Lipinski definition) is 4. The van der Waals surface area contributed by atoms with Gasteiger partial charge in [0.15, 0.2) is 0 Å². The van der Waals surface area contributed by atoms with Gasteiger partial charge in [0.05, 0.1) is 5.69 Å². The Balaban J connectivity index is 1.83. The Morgan fingerprint density at radius 3 is 2.91 bits per heavy atom. The Morgan fingerprint density at radius 2 is 2.18 bits per heavy atom. The number of ether oxygens (including phenoxy) is 1. The van der Waals surface area contributed by atoms with Gasteiger partial charge in [-0.2, -0.15) is 0 Å². The highest BCUT2D eigenvalue weighted by atomic mass is 79.9. The summed E-state index contributed by atoms with van der Waals surface area (Å²) >= 11 is 3.30. The molecule has 0 bridgehead atoms. The lowest BCUT2D eigenvalue weighted by molar-refractivity contribution is 0.0456. The van der Waals surface area contributed by atoms with Crippen molar-refractivity contribution in [3.63, 3.8) is 0 Å². The van der Waals surface area contributed by atoms with Gasteiger partial charge in [-0.1, -0.05) is 0 Å². The summed E-state index contributed by atoms with van der Waals surface area (Å²) in [6.45, 7) is -0.0498. The molecule has 0 spiro atoms. The molecule has 0 N–H and O–H groups in total. The summed E-state index contributed by atoms with van der Waals surface area (Å²) in [6.07, 6.45) is 3.40. The molecule has 0 unspecified atom stereocenters. The molecule has 0 saturated carbocycles. The molecule has 0 aromatic carbocycles. The van der Waals surface area contributed by atoms with Gasteiger partial charge >= 0.3 is 5.97 Å². The van der Waals surface area contributed by atoms with Crippen molar-refractivity contribution in [3.8, 4) is 0 Å². The van der Waals surface area contributed by atoms with Crippen LogP contribution in [0.4, 0.5) is 0 Å². The molecule has 0 fully saturated rings. The van der Waals surface area contributed by atoms with Crippen LogP contribution in [0.15, 0.2) is 52.0 Å². The van der Waals surface area contributed by atoms with Crippen LogP contribution in [0.1, 0.15) is 16.2 Å². The Bertz CT molecular complexity index is 914. The predicted molar refractivity (Wildman–Crippen MR) is 83.7 cm³/mol. The minimum absolute atomic E-state index is 0.0498. The molecule has 3 rings (SSSR count). The van der Waals surface area contributed by atoms with Crippen LogP contribution in [0.3, 0.4) is 0 Å². The van der Waals surface area contributed by atoms with Crippen molar-refractivity contribution in [2.24, 2.45) is 7.05 Å². The van der Waals surface area contributed by atoms with Gasteiger partial charge in [-0.05, 0) is 40.2 Å². The number of rotatable bonds is 3. The van der Waals surface area contributed by atoms with Gasteiger partial charge in [0.25, 0.3) is 5.56 Å². The Morgan fingerprint density at radius 1 is 1.36 bits per heavy atom. The monoisotopic (exact) mass is 361 g/mol. The van der Waals surface area contributed by atoms with Crippen molar-refractivity contribution in [3.05, 3.63) is 68.9 Å². The highest BCUT2D eigenvalue weighted by molar-refractivity contribution is 9.10. The van der Waals surface area contributed by atoms with Crippen molar-refractivity contribution in [1.82, 2.24) is 14.0 Å². The fourth-order valence-electron chi connectivity index (χ4n) is 2.09. The number of carbonyl (C=O) groups is 1. The Labute approximate surface area is 134 Å². The summed E-state index contributed by atoms with van der Waals surface area (Å²) in [5, 5.41) is 0. The van der Waals surface area contributed by atoms with E-state index in [0.717, 1.165) is 4.47 Å². The summed E-state index contributed by atoms with van der Waals surface area (Å²) in [4.78, 5) is 28.3. The molecule has 3 aromatic rings. The molecule has 0 saturated heterocycles. The maximum absolute atomic E-state index is 12.0. The second-order valence-corrected chi connectivity index (χ2v) is 5.66. The topological polar surface area (TPSA) is 65.6 Å². The summed E-state index contributed by atoms with van der Waals surface area (Å²) < 4.78 is 9.08. The molecule has 3 aromatic heterocycles. The van der Waals surface area contributed by atoms with E-state index in [2.05, 4.69) is 20.9 Å². The standard InChI is InChI=1S/C15H12BrN3O3/c1-18-6-2-3-12(18)15(21)22-9-11-7-14(20)19-8-10(16)4-5-13(19)17-11/h2-8H,9H2,1H3. The van der Waals surface area contributed by atoms with Gasteiger partial charge in [-0.3, -0.25) is 9.20 Å². The second kappa shape index (κ2) is 5.76. The lowest BCUT2D eigenvalue weighted by atomic mass is 10.4. The lowest BCUT2D eigenvalue weighted by Gasteiger charge is -2.07. The molecule has 0 aliphatic heterocycles. The first kappa shape index (κ1) is 14.5. The molecule has 0 radical (unpaired) electrons. The number of nitrogens with zero attached hydrogens (tertiary/aromatic N) is 3. The molecular weight excluding hydrogens is 350 g/mol. The van der Waals surface area contributed by atoms with Gasteiger partial charge in [0.2, 0.25) is 0 Å². The molecule has 7 heteroatoms. The quantitative estimate of drug-likeness (QED) is 0.670. The molecule has 0 amide bonds. The molecular formula is C15H12BrN3O3. The van der Waals surface area contributed by atoms with E-state index < -0.39 is 5.97 Å². The van der Waals surface area contributed by atoms with Crippen molar-refractivity contribution < 1.29 is 9.53 Å². The van der Waals surface area contributed by atoms with E-state index in [4.69, 9.17) is 4.74 Å². The zero-order valence-corrected chi connectivity index (χ0v) is 13.3. The SMILES string of the molecule is Cn1cccc1C(=O)OCc1cc(=O)n2cc(Br)ccc2n1. The zero-order valence-electron chi connectivity index (χ0n) is 11.7. The summed E-state index contributed by atoms with van der Waals surface area (Å²) in [5.74, 6) is -0.453. The van der Waals surface area contributed by atoms with E-state index >= 15 is 0 Å². The van der Waals surface area contributed by atoms with Crippen LogP contribution in [0, 0.1) is 0 Å². The van der Waals surface area contributed by atoms with Crippen molar-refractivity contribution in [2.75, 3.05) is 0 Å². The number of hydrogen-bond donors (Lipinski definition) is 0. The van der Waals surface area contributed by atoms with Gasteiger partial charge in [0.1, 0.15) is 17.9 Å². The van der Waals surface area contributed by atoms with E-state index in [0.29, 0.717) is 17.0 Å². The Hall–Kier alpha value is -2.41. The van der Waals surface area contributed by atoms with E-state index in [9.17, 15) is 9.59 Å². The second-order valence-electron chi connectivity index (χ2n) is 4.74. The van der Waals surface area contributed by atoms with Gasteiger partial charge in [-0.15, -0.1) is 0 Å². The van der Waals surface area contributed by atoms with E-state index in [1.807, 2.05) is 0 Å². The zero-order chi connectivity index (χ0) is 15.7. The maximum atomic E-state index is 12.0. The Kier molecular flexibility index (Phi) is 3.81. The third-order valence-corrected chi connectivity index (χ3v) is 3.65. The number of pyridine rings is 1. The molecule has 112 valence electrons. The van der Waals surface area contributed by atoms with E-state index in [-0.39, 0.29) is 12.2 Å². The van der Waals surface area contributed by atoms with Crippen molar-refractivity contribution in [2.45, 2.75) is 6.61 Å². The van der Waals surface area contributed by atoms with Crippen molar-refractivity contribution >= 4 is 27.5 Å². The van der Waals surface area contributed by atoms with Crippen LogP contribution in [-0.2, 0) is 18.4 Å². The molecule has 0 atom stereocenters. The number of halogens is 1. The third-order valence-electron chi connectivity index (χ3n) is 3.18. The predicted octanol–water partition coefficient (Wildman–Crippen LogP) is 2.15. The third kappa shape index (κ3) is 2.80. The van der Waals surface area contributed by atoms with Crippen LogP contribution in [0.5, 0.6) is 0 Å². The molecule has 22 heavy (non-hydrogen) atoms. The average molecular weight is 362 g/mol. The van der Waals surface area contributed by atoms with Crippen LogP contribution < -0.4 is 5.56 Å². The van der Waals surface area contributed by atoms with Gasteiger partial charge < -0.3 is 9.30 Å². The molecule has 6 nitrogen and oxygen atoms in total. The maximum Gasteiger partial charge on any atom is 0.355 e. The molecule has 0 aliphatic rings. The minimum atomic E-state index is -0.453. The summed E-state index contributed by atoms with van der Waals surface area (Å²) in [5.41, 5.74) is 1.13. The molecule has 0 aliphatic carbocycles. The minimum Gasteiger partial charge on any atom is -0.455 e. The fraction of sp³-hybridized carbons (Fsp3) is 0.133. The van der Waals surface area contributed by atoms with Gasteiger partial charge in [0, 0.05) is 30.0 Å². The summed E-state index contributed by atoms with van der Waals surface area (Å²) in [7, 11) is 1.76. The normalized spacial score (nSPS) is 10.8. The van der Waals surface area contributed by atoms with Crippen LogP contribution >= 0.6 is 15.9 Å². The average Bonchev–Trinajstić information content (AvgIpc) is 2.92. The highest BCUT2D eigenvalue weighted by Gasteiger charge is 2.11. The van der Waals surface area contributed by atoms with Crippen LogP contribution in [0.25, 0.3) is 5.65 Å². The summed E-state index contributed by atoms with van der Waals surface area (Å²) in [6, 6.07) is 8.30. The fourth-order valence-corrected chi connectivity index (χ4v) is 2.42. The smallest absolute Gasteiger partial charge is 0.355 e. The number of aromatic nitrogens is 3. The number of fused-ring (bicyclic) bond motifs is 1. The number of aryl methyl sites for hydroxylation is 1. The van der Waals surface area contributed by atoms with Crippen LogP contribution in [0.2, 0.25) is 0 Å². The van der Waals surface area contributed by atoms with Gasteiger partial charge in [-0.25, -0.2) is 9.78 Å². The van der Waals surface area contributed by atoms with Crippen molar-refractivity contribution in [1.29, 1.82) is 0 Å². The van der Waals surface area contributed by atoms with E-state index in [1.54, 1.807) is 48.3 Å². The number of esters is 1. The lowest BCUT2D eigenvalue weighted by Crippen LogP contribution is -2.17. The largest absolute Gasteiger partial charge is 0.455 e. The van der Waals surface area contributed by atoms with E-state index in [1.165, 1.54) is 10.5 Å².